The number of halogens is 3. The van der Waals surface area contributed by atoms with Crippen molar-refractivity contribution in [2.24, 2.45) is 0 Å². The maximum atomic E-state index is 12.2. The van der Waals surface area contributed by atoms with Crippen molar-refractivity contribution in [2.75, 3.05) is 30.4 Å². The molecule has 2 N–H and O–H groups in total. The van der Waals surface area contributed by atoms with Crippen LogP contribution in [0.1, 0.15) is 6.92 Å². The molecular weight excluding hydrogens is 310 g/mol. The quantitative estimate of drug-likeness (QED) is 0.735. The Balaban J connectivity index is 2.34. The fourth-order valence-electron chi connectivity index (χ4n) is 2.09. The van der Waals surface area contributed by atoms with Gasteiger partial charge in [-0.2, -0.15) is 0 Å². The van der Waals surface area contributed by atoms with Crippen LogP contribution in [-0.4, -0.2) is 19.8 Å². The van der Waals surface area contributed by atoms with E-state index in [0.717, 1.165) is 29.0 Å². The second kappa shape index (κ2) is 7.53. The van der Waals surface area contributed by atoms with Gasteiger partial charge in [-0.15, -0.1) is 0 Å². The van der Waals surface area contributed by atoms with E-state index in [0.29, 0.717) is 10.0 Å². The van der Waals surface area contributed by atoms with Crippen LogP contribution < -0.4 is 10.6 Å². The average Bonchev–Trinajstić information content (AvgIpc) is 2.48. The molecule has 0 radical (unpaired) electrons. The van der Waals surface area contributed by atoms with Gasteiger partial charge in [0.1, 0.15) is 6.67 Å². The van der Waals surface area contributed by atoms with E-state index in [-0.39, 0.29) is 6.54 Å². The van der Waals surface area contributed by atoms with E-state index in [2.05, 4.69) is 10.6 Å². The van der Waals surface area contributed by atoms with E-state index in [9.17, 15) is 4.39 Å². The van der Waals surface area contributed by atoms with Crippen molar-refractivity contribution in [3.63, 3.8) is 0 Å². The molecule has 0 amide bonds. The molecule has 0 unspecified atom stereocenters. The zero-order valence-corrected chi connectivity index (χ0v) is 13.2. The Bertz CT molecular complexity index is 617. The first kappa shape index (κ1) is 15.9. The van der Waals surface area contributed by atoms with Gasteiger partial charge in [0.15, 0.2) is 0 Å². The molecular formula is C16H17Cl2FN2. The number of anilines is 2. The van der Waals surface area contributed by atoms with Crippen LogP contribution in [0, 0.1) is 0 Å². The Labute approximate surface area is 134 Å². The van der Waals surface area contributed by atoms with Crippen LogP contribution in [-0.2, 0) is 0 Å². The molecule has 0 saturated heterocycles. The highest BCUT2D eigenvalue weighted by atomic mass is 35.5. The third-order valence-electron chi connectivity index (χ3n) is 3.06. The summed E-state index contributed by atoms with van der Waals surface area (Å²) in [5, 5.41) is 7.37. The van der Waals surface area contributed by atoms with Gasteiger partial charge in [0, 0.05) is 18.7 Å². The fraction of sp³-hybridized carbons (Fsp3) is 0.250. The molecule has 0 aliphatic rings. The van der Waals surface area contributed by atoms with Crippen molar-refractivity contribution >= 4 is 34.6 Å². The lowest BCUT2D eigenvalue weighted by molar-refractivity contribution is 0.513. The van der Waals surface area contributed by atoms with Crippen LogP contribution in [0.15, 0.2) is 36.4 Å². The summed E-state index contributed by atoms with van der Waals surface area (Å²) in [6.07, 6.45) is 0. The molecule has 0 atom stereocenters. The van der Waals surface area contributed by atoms with E-state index in [1.54, 1.807) is 0 Å². The molecule has 2 aromatic carbocycles. The topological polar surface area (TPSA) is 24.1 Å². The number of hydrogen-bond donors (Lipinski definition) is 2. The molecule has 2 aromatic rings. The first-order valence-corrected chi connectivity index (χ1v) is 7.55. The van der Waals surface area contributed by atoms with Crippen molar-refractivity contribution in [3.05, 3.63) is 46.4 Å². The molecule has 0 aliphatic carbocycles. The third-order valence-corrected chi connectivity index (χ3v) is 3.78. The monoisotopic (exact) mass is 326 g/mol. The highest BCUT2D eigenvalue weighted by Crippen LogP contribution is 2.36. The maximum Gasteiger partial charge on any atom is 0.107 e. The summed E-state index contributed by atoms with van der Waals surface area (Å²) >= 11 is 12.7. The van der Waals surface area contributed by atoms with E-state index in [1.165, 1.54) is 0 Å². The molecule has 0 saturated carbocycles. The molecule has 5 heteroatoms. The molecule has 21 heavy (non-hydrogen) atoms. The minimum atomic E-state index is -0.436. The summed E-state index contributed by atoms with van der Waals surface area (Å²) in [6.45, 7) is 2.63. The highest BCUT2D eigenvalue weighted by molar-refractivity contribution is 6.36. The lowest BCUT2D eigenvalue weighted by Gasteiger charge is -2.12. The Morgan fingerprint density at radius 1 is 1.05 bits per heavy atom. The van der Waals surface area contributed by atoms with Gasteiger partial charge in [-0.25, -0.2) is 4.39 Å². The first-order valence-electron chi connectivity index (χ1n) is 6.79. The fourth-order valence-corrected chi connectivity index (χ4v) is 2.64. The number of benzene rings is 2. The maximum absolute atomic E-state index is 12.2. The Morgan fingerprint density at radius 2 is 1.86 bits per heavy atom. The van der Waals surface area contributed by atoms with Crippen molar-refractivity contribution in [2.45, 2.75) is 6.92 Å². The number of alkyl halides is 1. The molecule has 2 nitrogen and oxygen atoms in total. The predicted octanol–water partition coefficient (Wildman–Crippen LogP) is 5.47. The lowest BCUT2D eigenvalue weighted by atomic mass is 10.0. The Morgan fingerprint density at radius 3 is 2.52 bits per heavy atom. The summed E-state index contributed by atoms with van der Waals surface area (Å²) in [4.78, 5) is 0. The van der Waals surface area contributed by atoms with Gasteiger partial charge in [0.05, 0.1) is 21.4 Å². The van der Waals surface area contributed by atoms with Crippen LogP contribution >= 0.6 is 23.2 Å². The highest BCUT2D eigenvalue weighted by Gasteiger charge is 2.09. The first-order chi connectivity index (χ1) is 10.2. The molecule has 112 valence electrons. The molecule has 0 fully saturated rings. The van der Waals surface area contributed by atoms with Crippen molar-refractivity contribution in [3.8, 4) is 11.1 Å². The normalized spacial score (nSPS) is 10.5. The van der Waals surface area contributed by atoms with Crippen molar-refractivity contribution in [1.82, 2.24) is 0 Å². The average molecular weight is 327 g/mol. The smallest absolute Gasteiger partial charge is 0.107 e. The Kier molecular flexibility index (Phi) is 5.71. The number of rotatable bonds is 6. The zero-order chi connectivity index (χ0) is 15.2. The molecule has 0 aliphatic heterocycles. The van der Waals surface area contributed by atoms with Gasteiger partial charge in [0.2, 0.25) is 0 Å². The molecule has 0 spiro atoms. The van der Waals surface area contributed by atoms with E-state index in [4.69, 9.17) is 23.2 Å². The van der Waals surface area contributed by atoms with Gasteiger partial charge in [-0.05, 0) is 30.7 Å². The van der Waals surface area contributed by atoms with E-state index < -0.39 is 6.67 Å². The summed E-state index contributed by atoms with van der Waals surface area (Å²) < 4.78 is 12.2. The molecule has 0 aromatic heterocycles. The summed E-state index contributed by atoms with van der Waals surface area (Å²) in [6, 6.07) is 11.4. The van der Waals surface area contributed by atoms with Gasteiger partial charge in [-0.1, -0.05) is 41.4 Å². The van der Waals surface area contributed by atoms with Crippen LogP contribution in [0.2, 0.25) is 10.0 Å². The lowest BCUT2D eigenvalue weighted by Crippen LogP contribution is -2.03. The standard InChI is InChI=1S/C16H17Cl2FN2/c1-2-20-15-5-3-4-12(16(15)18)11-6-7-14(13(17)10-11)21-9-8-19/h3-7,10,20-21H,2,8-9H2,1H3. The summed E-state index contributed by atoms with van der Waals surface area (Å²) in [7, 11) is 0. The van der Waals surface area contributed by atoms with Crippen LogP contribution in [0.4, 0.5) is 15.8 Å². The largest absolute Gasteiger partial charge is 0.384 e. The van der Waals surface area contributed by atoms with E-state index >= 15 is 0 Å². The van der Waals surface area contributed by atoms with Crippen LogP contribution in [0.5, 0.6) is 0 Å². The predicted molar refractivity (Wildman–Crippen MR) is 90.5 cm³/mol. The van der Waals surface area contributed by atoms with Gasteiger partial charge in [-0.3, -0.25) is 0 Å². The molecule has 0 bridgehead atoms. The van der Waals surface area contributed by atoms with Crippen LogP contribution in [0.3, 0.4) is 0 Å². The van der Waals surface area contributed by atoms with Gasteiger partial charge >= 0.3 is 0 Å². The van der Waals surface area contributed by atoms with E-state index in [1.807, 2.05) is 43.3 Å². The van der Waals surface area contributed by atoms with Crippen LogP contribution in [0.25, 0.3) is 11.1 Å². The second-order valence-corrected chi connectivity index (χ2v) is 5.29. The number of nitrogens with one attached hydrogen (secondary N) is 2. The SMILES string of the molecule is CCNc1cccc(-c2ccc(NCCF)c(Cl)c2)c1Cl. The second-order valence-electron chi connectivity index (χ2n) is 4.51. The minimum absolute atomic E-state index is 0.246. The molecule has 0 heterocycles. The minimum Gasteiger partial charge on any atom is -0.384 e. The van der Waals surface area contributed by atoms with Crippen molar-refractivity contribution in [1.29, 1.82) is 0 Å². The Hall–Kier alpha value is -1.45. The third kappa shape index (κ3) is 3.80. The van der Waals surface area contributed by atoms with Crippen molar-refractivity contribution < 1.29 is 4.39 Å². The summed E-state index contributed by atoms with van der Waals surface area (Å²) in [5.41, 5.74) is 3.45. The molecule has 2 rings (SSSR count). The number of hydrogen-bond acceptors (Lipinski definition) is 2. The summed E-state index contributed by atoms with van der Waals surface area (Å²) in [5.74, 6) is 0. The van der Waals surface area contributed by atoms with Gasteiger partial charge < -0.3 is 10.6 Å². The van der Waals surface area contributed by atoms with Gasteiger partial charge in [0.25, 0.3) is 0 Å². The zero-order valence-electron chi connectivity index (χ0n) is 11.7.